The van der Waals surface area contributed by atoms with E-state index in [0.29, 0.717) is 28.9 Å². The molecule has 0 saturated heterocycles. The SMILES string of the molecule is COc1ccc(N(Cc2ccc(-c3noc(C(F)(F)F)n3)s2)c2cnccn2)nn1. The quantitative estimate of drug-likeness (QED) is 0.448. The largest absolute Gasteiger partial charge is 0.480 e. The normalized spacial score (nSPS) is 11.5. The molecule has 9 nitrogen and oxygen atoms in total. The zero-order valence-corrected chi connectivity index (χ0v) is 16.1. The lowest BCUT2D eigenvalue weighted by Crippen LogP contribution is -2.18. The van der Waals surface area contributed by atoms with Crippen molar-refractivity contribution in [3.8, 4) is 16.6 Å². The van der Waals surface area contributed by atoms with Gasteiger partial charge in [0.2, 0.25) is 11.7 Å². The highest BCUT2D eigenvalue weighted by Gasteiger charge is 2.38. The summed E-state index contributed by atoms with van der Waals surface area (Å²) in [4.78, 5) is 14.8. The average Bonchev–Trinajstić information content (AvgIpc) is 3.42. The van der Waals surface area contributed by atoms with Crippen LogP contribution in [0.25, 0.3) is 10.7 Å². The van der Waals surface area contributed by atoms with Crippen molar-refractivity contribution >= 4 is 23.0 Å². The summed E-state index contributed by atoms with van der Waals surface area (Å²) in [7, 11) is 1.49. The molecule has 0 N–H and O–H groups in total. The molecule has 4 aromatic heterocycles. The monoisotopic (exact) mass is 435 g/mol. The second kappa shape index (κ2) is 8.02. The van der Waals surface area contributed by atoms with Crippen LogP contribution < -0.4 is 9.64 Å². The van der Waals surface area contributed by atoms with Crippen LogP contribution in [0.4, 0.5) is 24.8 Å². The number of halogens is 3. The molecular weight excluding hydrogens is 423 g/mol. The molecule has 0 unspecified atom stereocenters. The Morgan fingerprint density at radius 3 is 2.60 bits per heavy atom. The molecule has 0 radical (unpaired) electrons. The molecule has 0 atom stereocenters. The third-order valence-electron chi connectivity index (χ3n) is 3.80. The first kappa shape index (κ1) is 19.7. The van der Waals surface area contributed by atoms with Gasteiger partial charge in [0.25, 0.3) is 0 Å². The molecular formula is C17H12F3N7O2S. The van der Waals surface area contributed by atoms with E-state index in [9.17, 15) is 13.2 Å². The minimum Gasteiger partial charge on any atom is -0.480 e. The van der Waals surface area contributed by atoms with Crippen molar-refractivity contribution in [3.63, 3.8) is 0 Å². The van der Waals surface area contributed by atoms with Crippen molar-refractivity contribution in [3.05, 3.63) is 53.6 Å². The van der Waals surface area contributed by atoms with Gasteiger partial charge in [0, 0.05) is 23.3 Å². The van der Waals surface area contributed by atoms with E-state index in [-0.39, 0.29) is 5.82 Å². The van der Waals surface area contributed by atoms with Crippen LogP contribution >= 0.6 is 11.3 Å². The summed E-state index contributed by atoms with van der Waals surface area (Å²) in [6.07, 6.45) is -0.0490. The first-order valence-electron chi connectivity index (χ1n) is 8.35. The molecule has 0 saturated carbocycles. The van der Waals surface area contributed by atoms with Crippen LogP contribution in [0.15, 0.2) is 47.4 Å². The lowest BCUT2D eigenvalue weighted by Gasteiger charge is -2.21. The van der Waals surface area contributed by atoms with Gasteiger partial charge < -0.3 is 14.2 Å². The smallest absolute Gasteiger partial charge is 0.471 e. The first-order valence-corrected chi connectivity index (χ1v) is 9.17. The van der Waals surface area contributed by atoms with Gasteiger partial charge in [0.15, 0.2) is 11.6 Å². The molecule has 0 aliphatic rings. The molecule has 4 rings (SSSR count). The van der Waals surface area contributed by atoms with E-state index >= 15 is 0 Å². The summed E-state index contributed by atoms with van der Waals surface area (Å²) < 4.78 is 47.4. The third kappa shape index (κ3) is 4.20. The molecule has 4 heterocycles. The van der Waals surface area contributed by atoms with Gasteiger partial charge in [0.05, 0.1) is 24.7 Å². The van der Waals surface area contributed by atoms with Crippen LogP contribution in [0.2, 0.25) is 0 Å². The van der Waals surface area contributed by atoms with Crippen LogP contribution in [-0.4, -0.2) is 37.4 Å². The van der Waals surface area contributed by atoms with E-state index in [0.717, 1.165) is 4.88 Å². The minimum absolute atomic E-state index is 0.131. The van der Waals surface area contributed by atoms with E-state index < -0.39 is 12.1 Å². The van der Waals surface area contributed by atoms with Gasteiger partial charge in [-0.25, -0.2) is 4.98 Å². The van der Waals surface area contributed by atoms with Gasteiger partial charge in [-0.15, -0.1) is 21.5 Å². The highest BCUT2D eigenvalue weighted by atomic mass is 32.1. The zero-order valence-electron chi connectivity index (χ0n) is 15.2. The standard InChI is InChI=1S/C17H12F3N7O2S/c1-28-14-5-4-12(24-25-14)27(13-8-21-6-7-22-13)9-10-2-3-11(30-10)15-23-16(29-26-15)17(18,19)20/h2-8H,9H2,1H3. The second-order valence-electron chi connectivity index (χ2n) is 5.77. The van der Waals surface area contributed by atoms with Gasteiger partial charge in [-0.2, -0.15) is 18.2 Å². The third-order valence-corrected chi connectivity index (χ3v) is 4.87. The molecule has 0 fully saturated rings. The van der Waals surface area contributed by atoms with Crippen molar-refractivity contribution in [2.75, 3.05) is 12.0 Å². The minimum atomic E-state index is -4.69. The highest BCUT2D eigenvalue weighted by molar-refractivity contribution is 7.15. The summed E-state index contributed by atoms with van der Waals surface area (Å²) in [5.74, 6) is -0.152. The Morgan fingerprint density at radius 1 is 1.10 bits per heavy atom. The summed E-state index contributed by atoms with van der Waals surface area (Å²) in [6.45, 7) is 0.314. The number of methoxy groups -OCH3 is 1. The van der Waals surface area contributed by atoms with E-state index in [1.807, 2.05) is 0 Å². The predicted molar refractivity (Wildman–Crippen MR) is 99.1 cm³/mol. The van der Waals surface area contributed by atoms with Crippen molar-refractivity contribution in [2.45, 2.75) is 12.7 Å². The second-order valence-corrected chi connectivity index (χ2v) is 6.94. The molecule has 0 amide bonds. The maximum Gasteiger partial charge on any atom is 0.471 e. The molecule has 0 aliphatic carbocycles. The Bertz CT molecular complexity index is 1120. The molecule has 30 heavy (non-hydrogen) atoms. The van der Waals surface area contributed by atoms with Gasteiger partial charge in [-0.1, -0.05) is 5.16 Å². The number of nitrogens with zero attached hydrogens (tertiary/aromatic N) is 7. The molecule has 0 aromatic carbocycles. The predicted octanol–water partition coefficient (Wildman–Crippen LogP) is 3.74. The maximum absolute atomic E-state index is 12.7. The van der Waals surface area contributed by atoms with Crippen LogP contribution in [0.1, 0.15) is 10.8 Å². The van der Waals surface area contributed by atoms with E-state index in [1.54, 1.807) is 41.6 Å². The molecule has 0 aliphatic heterocycles. The maximum atomic E-state index is 12.7. The lowest BCUT2D eigenvalue weighted by molar-refractivity contribution is -0.159. The van der Waals surface area contributed by atoms with E-state index in [2.05, 4.69) is 34.8 Å². The van der Waals surface area contributed by atoms with E-state index in [4.69, 9.17) is 4.74 Å². The molecule has 13 heteroatoms. The summed E-state index contributed by atoms with van der Waals surface area (Å²) >= 11 is 1.22. The Morgan fingerprint density at radius 2 is 1.97 bits per heavy atom. The number of rotatable bonds is 6. The molecule has 4 aromatic rings. The average molecular weight is 435 g/mol. The number of alkyl halides is 3. The van der Waals surface area contributed by atoms with Crippen LogP contribution in [0, 0.1) is 0 Å². The number of ether oxygens (including phenoxy) is 1. The number of hydrogen-bond acceptors (Lipinski definition) is 10. The topological polar surface area (TPSA) is 103 Å². The Hall–Kier alpha value is -3.61. The van der Waals surface area contributed by atoms with E-state index in [1.165, 1.54) is 24.6 Å². The van der Waals surface area contributed by atoms with Gasteiger partial charge >= 0.3 is 12.1 Å². The number of aromatic nitrogens is 6. The fraction of sp³-hybridized carbons (Fsp3) is 0.176. The first-order chi connectivity index (χ1) is 14.4. The van der Waals surface area contributed by atoms with Crippen molar-refractivity contribution in [1.82, 2.24) is 30.3 Å². The van der Waals surface area contributed by atoms with Crippen molar-refractivity contribution in [2.24, 2.45) is 0 Å². The molecule has 0 bridgehead atoms. The van der Waals surface area contributed by atoms with Gasteiger partial charge in [0.1, 0.15) is 0 Å². The number of anilines is 2. The fourth-order valence-electron chi connectivity index (χ4n) is 2.45. The van der Waals surface area contributed by atoms with Crippen LogP contribution in [0.5, 0.6) is 5.88 Å². The highest BCUT2D eigenvalue weighted by Crippen LogP contribution is 2.33. The van der Waals surface area contributed by atoms with Gasteiger partial charge in [-0.05, 0) is 18.2 Å². The summed E-state index contributed by atoms with van der Waals surface area (Å²) in [5.41, 5.74) is 0. The van der Waals surface area contributed by atoms with Crippen molar-refractivity contribution < 1.29 is 22.4 Å². The number of thiophene rings is 1. The fourth-order valence-corrected chi connectivity index (χ4v) is 3.38. The van der Waals surface area contributed by atoms with Crippen LogP contribution in [-0.2, 0) is 12.7 Å². The summed E-state index contributed by atoms with van der Waals surface area (Å²) in [5, 5.41) is 11.5. The van der Waals surface area contributed by atoms with Crippen molar-refractivity contribution in [1.29, 1.82) is 0 Å². The Labute approximate surface area is 171 Å². The van der Waals surface area contributed by atoms with Gasteiger partial charge in [-0.3, -0.25) is 4.98 Å². The molecule has 154 valence electrons. The lowest BCUT2D eigenvalue weighted by atomic mass is 10.3. The zero-order chi connectivity index (χ0) is 21.1. The Balaban J connectivity index is 1.61. The van der Waals surface area contributed by atoms with Crippen LogP contribution in [0.3, 0.4) is 0 Å². The Kier molecular flexibility index (Phi) is 5.27. The summed E-state index contributed by atoms with van der Waals surface area (Å²) in [6, 6.07) is 6.75. The number of hydrogen-bond donors (Lipinski definition) is 0. The molecule has 0 spiro atoms.